The van der Waals surface area contributed by atoms with Gasteiger partial charge in [0.2, 0.25) is 0 Å². The zero-order valence-corrected chi connectivity index (χ0v) is 13.6. The fourth-order valence-corrected chi connectivity index (χ4v) is 3.39. The molecule has 2 rings (SSSR count). The lowest BCUT2D eigenvalue weighted by Crippen LogP contribution is -2.43. The Bertz CT molecular complexity index is 341. The molecule has 2 aliphatic heterocycles. The highest BCUT2D eigenvalue weighted by Crippen LogP contribution is 2.40. The van der Waals surface area contributed by atoms with Gasteiger partial charge in [-0.3, -0.25) is 0 Å². The molecule has 116 valence electrons. The van der Waals surface area contributed by atoms with Gasteiger partial charge in [-0.15, -0.1) is 0 Å². The van der Waals surface area contributed by atoms with E-state index in [2.05, 4.69) is 11.8 Å². The third-order valence-corrected chi connectivity index (χ3v) is 4.55. The van der Waals surface area contributed by atoms with Crippen LogP contribution in [0.1, 0.15) is 53.4 Å². The van der Waals surface area contributed by atoms with E-state index in [-0.39, 0.29) is 6.09 Å². The number of carbonyl (C=O) groups excluding carboxylic acids is 1. The van der Waals surface area contributed by atoms with Gasteiger partial charge in [0.1, 0.15) is 5.60 Å². The van der Waals surface area contributed by atoms with Gasteiger partial charge in [0.15, 0.2) is 0 Å². The molecule has 0 aromatic heterocycles. The zero-order chi connectivity index (χ0) is 14.8. The van der Waals surface area contributed by atoms with Crippen LogP contribution < -0.4 is 0 Å². The van der Waals surface area contributed by atoms with Gasteiger partial charge in [-0.25, -0.2) is 4.79 Å². The second kappa shape index (κ2) is 5.92. The van der Waals surface area contributed by atoms with Gasteiger partial charge in [0, 0.05) is 13.1 Å². The smallest absolute Gasteiger partial charge is 0.410 e. The van der Waals surface area contributed by atoms with Crippen molar-refractivity contribution in [2.45, 2.75) is 59.0 Å². The summed E-state index contributed by atoms with van der Waals surface area (Å²) in [6.45, 7) is 13.4. The van der Waals surface area contributed by atoms with Gasteiger partial charge in [0.25, 0.3) is 0 Å². The first-order valence-corrected chi connectivity index (χ1v) is 8.04. The second-order valence-corrected chi connectivity index (χ2v) is 7.49. The molecule has 4 nitrogen and oxygen atoms in total. The number of nitrogens with zero attached hydrogens (tertiary/aromatic N) is 2. The summed E-state index contributed by atoms with van der Waals surface area (Å²) in [4.78, 5) is 16.6. The highest BCUT2D eigenvalue weighted by molar-refractivity contribution is 5.68. The Morgan fingerprint density at radius 2 is 1.75 bits per heavy atom. The number of ether oxygens (including phenoxy) is 1. The van der Waals surface area contributed by atoms with Crippen molar-refractivity contribution in [3.63, 3.8) is 0 Å². The molecule has 1 amide bonds. The van der Waals surface area contributed by atoms with Gasteiger partial charge >= 0.3 is 6.09 Å². The summed E-state index contributed by atoms with van der Waals surface area (Å²) < 4.78 is 5.49. The van der Waals surface area contributed by atoms with E-state index in [0.717, 1.165) is 19.5 Å². The Morgan fingerprint density at radius 3 is 2.30 bits per heavy atom. The molecule has 20 heavy (non-hydrogen) atoms. The maximum atomic E-state index is 12.1. The van der Waals surface area contributed by atoms with Crippen molar-refractivity contribution in [1.82, 2.24) is 9.80 Å². The number of rotatable bonds is 2. The van der Waals surface area contributed by atoms with E-state index >= 15 is 0 Å². The summed E-state index contributed by atoms with van der Waals surface area (Å²) in [6, 6.07) is 0. The molecule has 0 atom stereocenters. The summed E-state index contributed by atoms with van der Waals surface area (Å²) in [5.41, 5.74) is -0.0293. The molecule has 0 saturated carbocycles. The molecule has 2 saturated heterocycles. The number of carbonyl (C=O) groups is 1. The fraction of sp³-hybridized carbons (Fsp3) is 0.938. The van der Waals surface area contributed by atoms with Crippen molar-refractivity contribution in [2.75, 3.05) is 32.7 Å². The molecule has 0 aliphatic carbocycles. The Labute approximate surface area is 123 Å². The molecule has 0 radical (unpaired) electrons. The lowest BCUT2D eigenvalue weighted by atomic mass is 9.78. The van der Waals surface area contributed by atoms with Gasteiger partial charge < -0.3 is 14.5 Å². The molecule has 0 unspecified atom stereocenters. The van der Waals surface area contributed by atoms with Crippen LogP contribution in [0.2, 0.25) is 0 Å². The number of likely N-dealkylation sites (tertiary alicyclic amines) is 2. The summed E-state index contributed by atoms with van der Waals surface area (Å²) >= 11 is 0. The van der Waals surface area contributed by atoms with Crippen LogP contribution in [0.15, 0.2) is 0 Å². The van der Waals surface area contributed by atoms with Gasteiger partial charge in [-0.2, -0.15) is 0 Å². The maximum absolute atomic E-state index is 12.1. The normalized spacial score (nSPS) is 23.3. The number of hydrogen-bond donors (Lipinski definition) is 0. The lowest BCUT2D eigenvalue weighted by molar-refractivity contribution is 0.0247. The Balaban J connectivity index is 1.85. The third kappa shape index (κ3) is 3.87. The van der Waals surface area contributed by atoms with Crippen molar-refractivity contribution < 1.29 is 9.53 Å². The van der Waals surface area contributed by atoms with Crippen LogP contribution in [0.4, 0.5) is 4.79 Å². The number of hydrogen-bond acceptors (Lipinski definition) is 3. The van der Waals surface area contributed by atoms with E-state index in [0.29, 0.717) is 5.41 Å². The molecule has 0 aromatic rings. The van der Waals surface area contributed by atoms with E-state index in [1.807, 2.05) is 25.7 Å². The molecule has 0 bridgehead atoms. The van der Waals surface area contributed by atoms with Crippen molar-refractivity contribution in [2.24, 2.45) is 5.41 Å². The van der Waals surface area contributed by atoms with Crippen LogP contribution in [0, 0.1) is 5.41 Å². The highest BCUT2D eigenvalue weighted by atomic mass is 16.6. The minimum Gasteiger partial charge on any atom is -0.444 e. The predicted octanol–water partition coefficient (Wildman–Crippen LogP) is 3.12. The van der Waals surface area contributed by atoms with Crippen LogP contribution in [0.25, 0.3) is 0 Å². The topological polar surface area (TPSA) is 32.8 Å². The van der Waals surface area contributed by atoms with Crippen LogP contribution >= 0.6 is 0 Å². The Morgan fingerprint density at radius 1 is 1.15 bits per heavy atom. The lowest BCUT2D eigenvalue weighted by Gasteiger charge is -2.39. The molecular formula is C16H30N2O2. The maximum Gasteiger partial charge on any atom is 0.410 e. The van der Waals surface area contributed by atoms with E-state index in [1.165, 1.54) is 38.9 Å². The molecule has 2 heterocycles. The Kier molecular flexibility index (Phi) is 4.62. The molecule has 1 spiro atoms. The van der Waals surface area contributed by atoms with E-state index in [9.17, 15) is 4.79 Å². The molecule has 4 heteroatoms. The molecule has 0 N–H and O–H groups in total. The fourth-order valence-electron chi connectivity index (χ4n) is 3.39. The largest absolute Gasteiger partial charge is 0.444 e. The van der Waals surface area contributed by atoms with E-state index < -0.39 is 5.60 Å². The summed E-state index contributed by atoms with van der Waals surface area (Å²) in [5, 5.41) is 0. The van der Waals surface area contributed by atoms with E-state index in [4.69, 9.17) is 4.74 Å². The number of piperidine rings is 1. The molecule has 2 fully saturated rings. The minimum absolute atomic E-state index is 0.134. The predicted molar refractivity (Wildman–Crippen MR) is 80.8 cm³/mol. The highest BCUT2D eigenvalue weighted by Gasteiger charge is 2.42. The van der Waals surface area contributed by atoms with Crippen LogP contribution in [0.3, 0.4) is 0 Å². The number of amides is 1. The summed E-state index contributed by atoms with van der Waals surface area (Å²) in [6.07, 6.45) is 4.70. The molecule has 2 aliphatic rings. The van der Waals surface area contributed by atoms with Crippen LogP contribution in [0.5, 0.6) is 0 Å². The Hall–Kier alpha value is -0.770. The minimum atomic E-state index is -0.392. The van der Waals surface area contributed by atoms with Crippen molar-refractivity contribution in [1.29, 1.82) is 0 Å². The van der Waals surface area contributed by atoms with Crippen molar-refractivity contribution >= 4 is 6.09 Å². The standard InChI is InChI=1S/C16H30N2O2/c1-5-9-17-10-6-16(7-11-17)8-12-18(13-16)14(19)20-15(2,3)4/h5-13H2,1-4H3. The first-order valence-electron chi connectivity index (χ1n) is 8.04. The van der Waals surface area contributed by atoms with Crippen molar-refractivity contribution in [3.05, 3.63) is 0 Å². The van der Waals surface area contributed by atoms with Crippen LogP contribution in [-0.4, -0.2) is 54.2 Å². The van der Waals surface area contributed by atoms with Crippen LogP contribution in [-0.2, 0) is 4.74 Å². The average Bonchev–Trinajstić information content (AvgIpc) is 2.75. The zero-order valence-electron chi connectivity index (χ0n) is 13.6. The molecule has 0 aromatic carbocycles. The average molecular weight is 282 g/mol. The van der Waals surface area contributed by atoms with E-state index in [1.54, 1.807) is 0 Å². The van der Waals surface area contributed by atoms with Gasteiger partial charge in [-0.05, 0) is 71.5 Å². The molecular weight excluding hydrogens is 252 g/mol. The first-order chi connectivity index (χ1) is 9.34. The quantitative estimate of drug-likeness (QED) is 0.780. The summed E-state index contributed by atoms with van der Waals surface area (Å²) in [5.74, 6) is 0. The van der Waals surface area contributed by atoms with Crippen molar-refractivity contribution in [3.8, 4) is 0 Å². The first kappa shape index (κ1) is 15.6. The van der Waals surface area contributed by atoms with Gasteiger partial charge in [-0.1, -0.05) is 6.92 Å². The third-order valence-electron chi connectivity index (χ3n) is 4.55. The summed E-state index contributed by atoms with van der Waals surface area (Å²) in [7, 11) is 0. The SMILES string of the molecule is CCCN1CCC2(CC1)CCN(C(=O)OC(C)(C)C)C2. The second-order valence-electron chi connectivity index (χ2n) is 7.49. The van der Waals surface area contributed by atoms with Gasteiger partial charge in [0.05, 0.1) is 0 Å². The monoisotopic (exact) mass is 282 g/mol.